The van der Waals surface area contributed by atoms with Gasteiger partial charge in [0, 0.05) is 22.5 Å². The number of aliphatic hydroxyl groups is 1. The van der Waals surface area contributed by atoms with Gasteiger partial charge >= 0.3 is 29.8 Å². The molecule has 9 rings (SSSR count). The van der Waals surface area contributed by atoms with Crippen LogP contribution in [-0.2, 0) is 29.3 Å². The van der Waals surface area contributed by atoms with E-state index in [9.17, 15) is 44.7 Å². The molecule has 0 amide bonds. The fourth-order valence-electron chi connectivity index (χ4n) is 10.4. The minimum absolute atomic E-state index is 0.0870. The lowest BCUT2D eigenvalue weighted by atomic mass is 9.81. The van der Waals surface area contributed by atoms with Crippen molar-refractivity contribution in [3.63, 3.8) is 0 Å². The van der Waals surface area contributed by atoms with Gasteiger partial charge in [-0.2, -0.15) is 4.85 Å². The van der Waals surface area contributed by atoms with Crippen LogP contribution in [0.2, 0.25) is 0 Å². The highest BCUT2D eigenvalue weighted by Crippen LogP contribution is 2.51. The second kappa shape index (κ2) is 27.5. The Morgan fingerprint density at radius 2 is 0.670 bits per heavy atom. The van der Waals surface area contributed by atoms with Crippen LogP contribution >= 0.6 is 0 Å². The van der Waals surface area contributed by atoms with Crippen molar-refractivity contribution < 1.29 is 49.4 Å². The SMILES string of the molecule is [C-]#[N+]C(=Cc1ccc(C(=Cc2ccc(N(c3ccc(C=C(c4ccc(C=C([N+]#[C-])C(=O)O)cc4)c4ccc(C=C([N+]#[C-])C(=O)O)cc4)cc3)c3ccc4c(c3)C(C)(C)c3cc(C=C([N+]#[C-])C(=O)O)ccc3-4)cc2)c2ccc(C=C([N+]#[C-])C(=O)O)cc2)cc1)OCO. The predicted octanol–water partition coefficient (Wildman–Crippen LogP) is 16.2. The Hall–Kier alpha value is -13.2. The van der Waals surface area contributed by atoms with Crippen molar-refractivity contribution in [1.29, 1.82) is 0 Å². The maximum Gasteiger partial charge on any atom is 0.343 e. The van der Waals surface area contributed by atoms with E-state index in [0.717, 1.165) is 83.8 Å². The molecule has 0 atom stereocenters. The summed E-state index contributed by atoms with van der Waals surface area (Å²) in [4.78, 5) is 65.0. The fraction of sp³-hybridized carbons (Fsp3) is 0.0533. The molecular weight excluding hydrogens is 1140 g/mol. The quantitative estimate of drug-likeness (QED) is 0.0160. The summed E-state index contributed by atoms with van der Waals surface area (Å²) in [5, 5.41) is 47.5. The molecule has 0 saturated heterocycles. The first-order chi connectivity index (χ1) is 43.8. The van der Waals surface area contributed by atoms with Crippen molar-refractivity contribution in [1.82, 2.24) is 0 Å². The standard InChI is InChI=1S/C75H50N6O10/c1-75(2)64-38-52(42-69(79-6)74(89)90)20-34-60(64)61-35-33-59(44-65(61)75)81(57-29-16-46(17-30-57)36-62(53-21-8-48(9-22-53)39-66(76-3)71(83)84)54-23-10-49(11-24-54)40-67(77-4)72(85)86)58-31-18-47(19-32-58)37-63(55-25-12-50(13-26-55)41-68(78-5)73(87)88)56-27-14-51(15-28-56)43-70(80-7)91-45-82/h8-44,82H,45H2,1-2H3,(H,83,84)(H,85,86)(H,87,88)(H,89,90). The van der Waals surface area contributed by atoms with Crippen molar-refractivity contribution in [3.05, 3.63) is 340 Å². The fourth-order valence-corrected chi connectivity index (χ4v) is 10.4. The summed E-state index contributed by atoms with van der Waals surface area (Å²) < 4.78 is 5.04. The smallest absolute Gasteiger partial charge is 0.343 e. The van der Waals surface area contributed by atoms with Crippen molar-refractivity contribution in [2.45, 2.75) is 19.3 Å². The van der Waals surface area contributed by atoms with Crippen LogP contribution in [0.3, 0.4) is 0 Å². The number of rotatable bonds is 20. The van der Waals surface area contributed by atoms with Crippen LogP contribution in [-0.4, -0.2) is 56.2 Å². The van der Waals surface area contributed by atoms with E-state index in [4.69, 9.17) is 37.6 Å². The van der Waals surface area contributed by atoms with Crippen LogP contribution < -0.4 is 4.90 Å². The maximum absolute atomic E-state index is 11.8. The zero-order valence-electron chi connectivity index (χ0n) is 48.5. The Bertz CT molecular complexity index is 4600. The summed E-state index contributed by atoms with van der Waals surface area (Å²) in [5.74, 6) is -5.44. The van der Waals surface area contributed by atoms with E-state index in [0.29, 0.717) is 27.8 Å². The van der Waals surface area contributed by atoms with E-state index >= 15 is 0 Å². The van der Waals surface area contributed by atoms with Gasteiger partial charge in [0.15, 0.2) is 6.79 Å². The topological polar surface area (TPSA) is 204 Å². The maximum atomic E-state index is 11.8. The lowest BCUT2D eigenvalue weighted by molar-refractivity contribution is -0.133. The van der Waals surface area contributed by atoms with Crippen LogP contribution in [0.15, 0.2) is 211 Å². The molecule has 440 valence electrons. The summed E-state index contributed by atoms with van der Waals surface area (Å²) in [6, 6.07) is 56.4. The third kappa shape index (κ3) is 14.2. The van der Waals surface area contributed by atoms with Crippen molar-refractivity contribution in [3.8, 4) is 11.1 Å². The summed E-state index contributed by atoms with van der Waals surface area (Å²) in [6.07, 6.45) is 10.7. The molecule has 0 unspecified atom stereocenters. The second-order valence-electron chi connectivity index (χ2n) is 20.9. The monoisotopic (exact) mass is 1190 g/mol. The number of aliphatic carboxylic acids is 4. The second-order valence-corrected chi connectivity index (χ2v) is 20.9. The highest BCUT2D eigenvalue weighted by Gasteiger charge is 2.36. The molecule has 0 heterocycles. The molecule has 8 aromatic carbocycles. The molecule has 1 aliphatic rings. The summed E-state index contributed by atoms with van der Waals surface area (Å²) in [6.45, 7) is 40.4. The Morgan fingerprint density at radius 3 is 1.00 bits per heavy atom. The first-order valence-electron chi connectivity index (χ1n) is 27.6. The van der Waals surface area contributed by atoms with Crippen LogP contribution in [0.4, 0.5) is 17.1 Å². The highest BCUT2D eigenvalue weighted by atomic mass is 16.6. The number of anilines is 3. The number of carboxylic acid groups (broad SMARTS) is 4. The molecule has 1 aliphatic carbocycles. The molecule has 16 heteroatoms. The van der Waals surface area contributed by atoms with Gasteiger partial charge in [0.05, 0.1) is 32.9 Å². The summed E-state index contributed by atoms with van der Waals surface area (Å²) in [7, 11) is 0. The Labute approximate surface area is 523 Å². The molecule has 8 aromatic rings. The van der Waals surface area contributed by atoms with Gasteiger partial charge in [-0.15, -0.1) is 0 Å². The largest absolute Gasteiger partial charge is 0.494 e. The van der Waals surface area contributed by atoms with Crippen molar-refractivity contribution in [2.24, 2.45) is 0 Å². The predicted molar refractivity (Wildman–Crippen MR) is 350 cm³/mol. The van der Waals surface area contributed by atoms with E-state index in [1.807, 2.05) is 140 Å². The number of carbonyl (C=O) groups is 4. The lowest BCUT2D eigenvalue weighted by Gasteiger charge is -2.28. The number of aliphatic hydroxyl groups excluding tert-OH is 1. The van der Waals surface area contributed by atoms with Crippen LogP contribution in [0, 0.1) is 32.9 Å². The van der Waals surface area contributed by atoms with Crippen molar-refractivity contribution in [2.75, 3.05) is 11.7 Å². The Morgan fingerprint density at radius 1 is 0.385 bits per heavy atom. The first-order valence-corrected chi connectivity index (χ1v) is 27.6. The average Bonchev–Trinajstić information content (AvgIpc) is 1.59. The number of ether oxygens (including phenoxy) is 1. The van der Waals surface area contributed by atoms with E-state index in [2.05, 4.69) is 55.1 Å². The van der Waals surface area contributed by atoms with Crippen LogP contribution in [0.5, 0.6) is 0 Å². The number of nitrogens with zero attached hydrogens (tertiary/aromatic N) is 6. The molecular formula is C75H50N6O10. The molecule has 0 aliphatic heterocycles. The van der Waals surface area contributed by atoms with Gasteiger partial charge in [-0.25, -0.2) is 19.4 Å². The number of carboxylic acids is 4. The molecule has 0 spiro atoms. The van der Waals surface area contributed by atoms with Crippen LogP contribution in [0.25, 0.3) is 89.0 Å². The molecule has 16 nitrogen and oxygen atoms in total. The van der Waals surface area contributed by atoms with Gasteiger partial charge in [0.1, 0.15) is 0 Å². The summed E-state index contributed by atoms with van der Waals surface area (Å²) >= 11 is 0. The number of hydrogen-bond donors (Lipinski definition) is 5. The average molecular weight is 1200 g/mol. The van der Waals surface area contributed by atoms with E-state index in [1.54, 1.807) is 42.5 Å². The molecule has 0 aromatic heterocycles. The van der Waals surface area contributed by atoms with Gasteiger partial charge in [0.2, 0.25) is 0 Å². The first kappa shape index (κ1) is 62.4. The molecule has 0 saturated carbocycles. The number of hydrogen-bond acceptors (Lipinski definition) is 7. The zero-order chi connectivity index (χ0) is 64.9. The Balaban J connectivity index is 1.16. The van der Waals surface area contributed by atoms with E-state index in [-0.39, 0.29) is 5.88 Å². The Kier molecular flexibility index (Phi) is 18.8. The molecule has 91 heavy (non-hydrogen) atoms. The van der Waals surface area contributed by atoms with Crippen molar-refractivity contribution >= 4 is 94.6 Å². The minimum atomic E-state index is -1.35. The highest BCUT2D eigenvalue weighted by molar-refractivity contribution is 5.99. The zero-order valence-corrected chi connectivity index (χ0v) is 48.5. The lowest BCUT2D eigenvalue weighted by Crippen LogP contribution is -2.16. The molecule has 0 bridgehead atoms. The van der Waals surface area contributed by atoms with E-state index in [1.165, 1.54) is 30.4 Å². The van der Waals surface area contributed by atoms with Gasteiger partial charge in [-0.1, -0.05) is 159 Å². The van der Waals surface area contributed by atoms with Crippen LogP contribution in [0.1, 0.15) is 86.2 Å². The van der Waals surface area contributed by atoms with Gasteiger partial charge in [-0.05, 0) is 174 Å². The summed E-state index contributed by atoms with van der Waals surface area (Å²) in [5.41, 5.74) is 12.9. The number of benzene rings is 8. The number of fused-ring (bicyclic) bond motifs is 3. The van der Waals surface area contributed by atoms with E-state index < -0.39 is 58.9 Å². The third-order valence-corrected chi connectivity index (χ3v) is 14.9. The van der Waals surface area contributed by atoms with Gasteiger partial charge in [-0.3, -0.25) is 19.2 Å². The molecule has 0 fully saturated rings. The molecule has 0 radical (unpaired) electrons. The normalized spacial score (nSPS) is 12.7. The van der Waals surface area contributed by atoms with Gasteiger partial charge in [0.25, 0.3) is 22.8 Å². The molecule has 5 N–H and O–H groups in total. The van der Waals surface area contributed by atoms with Gasteiger partial charge < -0.3 is 35.2 Å². The third-order valence-electron chi connectivity index (χ3n) is 14.9. The minimum Gasteiger partial charge on any atom is -0.494 e.